The number of benzene rings is 1. The molecule has 21 heavy (non-hydrogen) atoms. The van der Waals surface area contributed by atoms with Crippen LogP contribution in [-0.2, 0) is 5.88 Å². The zero-order valence-corrected chi connectivity index (χ0v) is 13.9. The Labute approximate surface area is 135 Å². The molecule has 3 rings (SSSR count). The summed E-state index contributed by atoms with van der Waals surface area (Å²) in [7, 11) is 1.64. The van der Waals surface area contributed by atoms with E-state index < -0.39 is 0 Å². The SMILES string of the molecule is COc1cc(Br)cc(-n2c(CCl)nc3ccc(C)nc32)c1. The molecule has 4 nitrogen and oxygen atoms in total. The highest BCUT2D eigenvalue weighted by molar-refractivity contribution is 9.10. The van der Waals surface area contributed by atoms with Crippen LogP contribution < -0.4 is 4.74 Å². The highest BCUT2D eigenvalue weighted by Gasteiger charge is 2.14. The van der Waals surface area contributed by atoms with Crippen LogP contribution in [-0.4, -0.2) is 21.6 Å². The van der Waals surface area contributed by atoms with Crippen molar-refractivity contribution >= 4 is 38.7 Å². The van der Waals surface area contributed by atoms with Crippen LogP contribution in [0.1, 0.15) is 11.5 Å². The highest BCUT2D eigenvalue weighted by Crippen LogP contribution is 2.28. The molecular formula is C15H13BrClN3O. The van der Waals surface area contributed by atoms with E-state index in [0.717, 1.165) is 38.6 Å². The van der Waals surface area contributed by atoms with Gasteiger partial charge in [0.25, 0.3) is 0 Å². The first kappa shape index (κ1) is 14.4. The molecule has 1 aromatic carbocycles. The molecule has 6 heteroatoms. The number of ether oxygens (including phenoxy) is 1. The molecule has 0 fully saturated rings. The molecular weight excluding hydrogens is 354 g/mol. The number of alkyl halides is 1. The topological polar surface area (TPSA) is 39.9 Å². The minimum atomic E-state index is 0.310. The fraction of sp³-hybridized carbons (Fsp3) is 0.200. The quantitative estimate of drug-likeness (QED) is 0.651. The summed E-state index contributed by atoms with van der Waals surface area (Å²) < 4.78 is 8.21. The van der Waals surface area contributed by atoms with Crippen LogP contribution in [0.4, 0.5) is 0 Å². The van der Waals surface area contributed by atoms with Crippen LogP contribution in [0.25, 0.3) is 16.9 Å². The van der Waals surface area contributed by atoms with Crippen LogP contribution in [0.3, 0.4) is 0 Å². The fourth-order valence-electron chi connectivity index (χ4n) is 2.25. The predicted octanol–water partition coefficient (Wildman–Crippen LogP) is 4.24. The zero-order chi connectivity index (χ0) is 15.0. The Kier molecular flexibility index (Phi) is 3.87. The Morgan fingerprint density at radius 2 is 2.05 bits per heavy atom. The molecule has 2 heterocycles. The number of rotatable bonds is 3. The average molecular weight is 367 g/mol. The molecule has 0 aliphatic heterocycles. The fourth-order valence-corrected chi connectivity index (χ4v) is 2.89. The van der Waals surface area contributed by atoms with Gasteiger partial charge >= 0.3 is 0 Å². The standard InChI is InChI=1S/C15H13BrClN3O/c1-9-3-4-13-15(18-9)20(14(8-17)19-13)11-5-10(16)6-12(7-11)21-2/h3-7H,8H2,1-2H3. The number of hydrogen-bond donors (Lipinski definition) is 0. The molecule has 0 amide bonds. The number of halogens is 2. The number of nitrogens with zero attached hydrogens (tertiary/aromatic N) is 3. The zero-order valence-electron chi connectivity index (χ0n) is 11.6. The van der Waals surface area contributed by atoms with E-state index in [0.29, 0.717) is 5.88 Å². The van der Waals surface area contributed by atoms with E-state index in [4.69, 9.17) is 16.3 Å². The van der Waals surface area contributed by atoms with Gasteiger partial charge in [0.05, 0.1) is 18.7 Å². The van der Waals surface area contributed by atoms with Gasteiger partial charge in [-0.1, -0.05) is 15.9 Å². The molecule has 0 bridgehead atoms. The first-order valence-corrected chi connectivity index (χ1v) is 7.71. The second kappa shape index (κ2) is 5.66. The molecule has 0 unspecified atom stereocenters. The van der Waals surface area contributed by atoms with Crippen LogP contribution in [0, 0.1) is 6.92 Å². The average Bonchev–Trinajstić information content (AvgIpc) is 2.84. The molecule has 0 radical (unpaired) electrons. The molecule has 0 saturated carbocycles. The van der Waals surface area contributed by atoms with Crippen molar-refractivity contribution < 1.29 is 4.74 Å². The van der Waals surface area contributed by atoms with E-state index in [-0.39, 0.29) is 0 Å². The molecule has 0 atom stereocenters. The van der Waals surface area contributed by atoms with Gasteiger partial charge < -0.3 is 4.74 Å². The van der Waals surface area contributed by atoms with Gasteiger partial charge in [0.2, 0.25) is 0 Å². The maximum atomic E-state index is 6.05. The molecule has 2 aromatic heterocycles. The minimum Gasteiger partial charge on any atom is -0.497 e. The monoisotopic (exact) mass is 365 g/mol. The van der Waals surface area contributed by atoms with Crippen molar-refractivity contribution in [3.05, 3.63) is 46.3 Å². The first-order valence-electron chi connectivity index (χ1n) is 6.38. The summed E-state index contributed by atoms with van der Waals surface area (Å²) in [5, 5.41) is 0. The van der Waals surface area contributed by atoms with E-state index in [1.807, 2.05) is 41.8 Å². The third-order valence-electron chi connectivity index (χ3n) is 3.18. The van der Waals surface area contributed by atoms with E-state index in [9.17, 15) is 0 Å². The van der Waals surface area contributed by atoms with Crippen molar-refractivity contribution in [1.82, 2.24) is 14.5 Å². The predicted molar refractivity (Wildman–Crippen MR) is 87.4 cm³/mol. The van der Waals surface area contributed by atoms with Crippen molar-refractivity contribution in [3.8, 4) is 11.4 Å². The van der Waals surface area contributed by atoms with Gasteiger partial charge in [-0.2, -0.15) is 0 Å². The van der Waals surface area contributed by atoms with Gasteiger partial charge in [0.1, 0.15) is 17.1 Å². The smallest absolute Gasteiger partial charge is 0.164 e. The summed E-state index contributed by atoms with van der Waals surface area (Å²) in [6, 6.07) is 9.73. The van der Waals surface area contributed by atoms with Crippen molar-refractivity contribution in [1.29, 1.82) is 0 Å². The summed E-state index contributed by atoms with van der Waals surface area (Å²) in [5.41, 5.74) is 3.48. The van der Waals surface area contributed by atoms with Crippen molar-refractivity contribution in [2.45, 2.75) is 12.8 Å². The maximum Gasteiger partial charge on any atom is 0.164 e. The van der Waals surface area contributed by atoms with Gasteiger partial charge in [0, 0.05) is 16.2 Å². The van der Waals surface area contributed by atoms with Crippen molar-refractivity contribution in [3.63, 3.8) is 0 Å². The Balaban J connectivity index is 2.32. The van der Waals surface area contributed by atoms with Crippen LogP contribution in [0.15, 0.2) is 34.8 Å². The van der Waals surface area contributed by atoms with Gasteiger partial charge in [-0.05, 0) is 31.2 Å². The van der Waals surface area contributed by atoms with E-state index in [2.05, 4.69) is 25.9 Å². The molecule has 0 spiro atoms. The second-order valence-electron chi connectivity index (χ2n) is 4.64. The highest BCUT2D eigenvalue weighted by atomic mass is 79.9. The Morgan fingerprint density at radius 3 is 2.76 bits per heavy atom. The molecule has 0 saturated heterocycles. The lowest BCUT2D eigenvalue weighted by molar-refractivity contribution is 0.414. The summed E-state index contributed by atoms with van der Waals surface area (Å²) in [6.45, 7) is 1.96. The molecule has 3 aromatic rings. The maximum absolute atomic E-state index is 6.05. The third kappa shape index (κ3) is 2.63. The number of aryl methyl sites for hydroxylation is 1. The van der Waals surface area contributed by atoms with Crippen LogP contribution in [0.5, 0.6) is 5.75 Å². The molecule has 108 valence electrons. The van der Waals surface area contributed by atoms with Gasteiger partial charge in [0.15, 0.2) is 5.65 Å². The van der Waals surface area contributed by atoms with E-state index in [1.165, 1.54) is 0 Å². The summed E-state index contributed by atoms with van der Waals surface area (Å²) in [5.74, 6) is 1.82. The Bertz CT molecular complexity index is 816. The number of pyridine rings is 1. The van der Waals surface area contributed by atoms with E-state index in [1.54, 1.807) is 7.11 Å². The van der Waals surface area contributed by atoms with Crippen LogP contribution >= 0.6 is 27.5 Å². The Morgan fingerprint density at radius 1 is 1.24 bits per heavy atom. The normalized spacial score (nSPS) is 11.0. The molecule has 0 aliphatic carbocycles. The van der Waals surface area contributed by atoms with Crippen LogP contribution in [0.2, 0.25) is 0 Å². The summed E-state index contributed by atoms with van der Waals surface area (Å²) in [4.78, 5) is 9.14. The number of fused-ring (bicyclic) bond motifs is 1. The molecule has 0 aliphatic rings. The van der Waals surface area contributed by atoms with Crippen molar-refractivity contribution in [2.75, 3.05) is 7.11 Å². The van der Waals surface area contributed by atoms with Gasteiger partial charge in [-0.15, -0.1) is 11.6 Å². The summed E-state index contributed by atoms with van der Waals surface area (Å²) >= 11 is 9.55. The second-order valence-corrected chi connectivity index (χ2v) is 5.82. The first-order chi connectivity index (χ1) is 10.1. The number of hydrogen-bond acceptors (Lipinski definition) is 3. The minimum absolute atomic E-state index is 0.310. The van der Waals surface area contributed by atoms with Gasteiger partial charge in [-0.25, -0.2) is 9.97 Å². The van der Waals surface area contributed by atoms with Crippen molar-refractivity contribution in [2.24, 2.45) is 0 Å². The number of aromatic nitrogens is 3. The number of imidazole rings is 1. The number of methoxy groups -OCH3 is 1. The third-order valence-corrected chi connectivity index (χ3v) is 3.88. The lowest BCUT2D eigenvalue weighted by atomic mass is 10.3. The lowest BCUT2D eigenvalue weighted by Gasteiger charge is -2.10. The summed E-state index contributed by atoms with van der Waals surface area (Å²) in [6.07, 6.45) is 0. The van der Waals surface area contributed by atoms with Gasteiger partial charge in [-0.3, -0.25) is 4.57 Å². The Hall–Kier alpha value is -1.59. The molecule has 0 N–H and O–H groups in total. The lowest BCUT2D eigenvalue weighted by Crippen LogP contribution is -2.01. The van der Waals surface area contributed by atoms with E-state index >= 15 is 0 Å². The largest absolute Gasteiger partial charge is 0.497 e.